The van der Waals surface area contributed by atoms with E-state index in [0.717, 1.165) is 27.8 Å². The van der Waals surface area contributed by atoms with E-state index in [0.29, 0.717) is 11.5 Å². The van der Waals surface area contributed by atoms with Gasteiger partial charge in [0.1, 0.15) is 0 Å². The quantitative estimate of drug-likeness (QED) is 0.569. The van der Waals surface area contributed by atoms with Crippen LogP contribution < -0.4 is 10.6 Å². The molecule has 0 unspecified atom stereocenters. The molecule has 2 N–H and O–H groups in total. The standard InChI is InChI=1S/C21H17N5O/c1-14-8-9-18(17-7-3-10-22-19(14)17)26-20(27)15-5-2-6-16(13-15)25-21-23-11-4-12-24-21/h2-13H,1H3,(H,26,27)(H,23,24,25). The minimum Gasteiger partial charge on any atom is -0.324 e. The fourth-order valence-electron chi connectivity index (χ4n) is 2.85. The molecule has 132 valence electrons. The number of aryl methyl sites for hydroxylation is 1. The van der Waals surface area contributed by atoms with Crippen LogP contribution in [0.1, 0.15) is 15.9 Å². The number of carbonyl (C=O) groups is 1. The van der Waals surface area contributed by atoms with Gasteiger partial charge < -0.3 is 10.6 Å². The lowest BCUT2D eigenvalue weighted by Crippen LogP contribution is -2.12. The SMILES string of the molecule is Cc1ccc(NC(=O)c2cccc(Nc3ncccn3)c2)c2cccnc12. The second-order valence-corrected chi connectivity index (χ2v) is 6.06. The lowest BCUT2D eigenvalue weighted by atomic mass is 10.1. The second kappa shape index (κ2) is 7.21. The van der Waals surface area contributed by atoms with Gasteiger partial charge in [0.05, 0.1) is 11.2 Å². The smallest absolute Gasteiger partial charge is 0.255 e. The first-order chi connectivity index (χ1) is 13.2. The minimum absolute atomic E-state index is 0.193. The molecule has 2 heterocycles. The molecule has 6 heteroatoms. The Kier molecular flexibility index (Phi) is 4.45. The van der Waals surface area contributed by atoms with Crippen LogP contribution in [0.5, 0.6) is 0 Å². The van der Waals surface area contributed by atoms with Crippen LogP contribution in [-0.4, -0.2) is 20.9 Å². The molecule has 0 saturated carbocycles. The van der Waals surface area contributed by atoms with Crippen LogP contribution in [0.4, 0.5) is 17.3 Å². The number of nitrogens with zero attached hydrogens (tertiary/aromatic N) is 3. The Labute approximate surface area is 156 Å². The van der Waals surface area contributed by atoms with Gasteiger partial charge in [0.2, 0.25) is 5.95 Å². The highest BCUT2D eigenvalue weighted by molar-refractivity contribution is 6.09. The van der Waals surface area contributed by atoms with Crippen LogP contribution in [0.3, 0.4) is 0 Å². The number of amides is 1. The van der Waals surface area contributed by atoms with Crippen LogP contribution in [0.15, 0.2) is 73.2 Å². The van der Waals surface area contributed by atoms with Gasteiger partial charge >= 0.3 is 0 Å². The third-order valence-electron chi connectivity index (χ3n) is 4.17. The molecule has 4 rings (SSSR count). The summed E-state index contributed by atoms with van der Waals surface area (Å²) in [5, 5.41) is 6.98. The molecule has 0 bridgehead atoms. The molecule has 1 amide bonds. The van der Waals surface area contributed by atoms with Gasteiger partial charge in [-0.25, -0.2) is 9.97 Å². The van der Waals surface area contributed by atoms with E-state index in [1.165, 1.54) is 0 Å². The summed E-state index contributed by atoms with van der Waals surface area (Å²) in [5.41, 5.74) is 3.96. The van der Waals surface area contributed by atoms with Gasteiger partial charge in [0.15, 0.2) is 0 Å². The van der Waals surface area contributed by atoms with E-state index in [1.807, 2.05) is 43.3 Å². The summed E-state index contributed by atoms with van der Waals surface area (Å²) in [7, 11) is 0. The Morgan fingerprint density at radius 1 is 0.889 bits per heavy atom. The van der Waals surface area contributed by atoms with Crippen molar-refractivity contribution >= 4 is 34.1 Å². The van der Waals surface area contributed by atoms with Crippen molar-refractivity contribution in [2.45, 2.75) is 6.92 Å². The van der Waals surface area contributed by atoms with E-state index in [-0.39, 0.29) is 5.91 Å². The molecule has 2 aromatic carbocycles. The van der Waals surface area contributed by atoms with Gasteiger partial charge in [0.25, 0.3) is 5.91 Å². The molecule has 0 fully saturated rings. The Bertz CT molecular complexity index is 1110. The number of benzene rings is 2. The number of hydrogen-bond donors (Lipinski definition) is 2. The van der Waals surface area contributed by atoms with Gasteiger partial charge in [-0.1, -0.05) is 12.1 Å². The van der Waals surface area contributed by atoms with E-state index >= 15 is 0 Å². The number of carbonyl (C=O) groups excluding carboxylic acids is 1. The van der Waals surface area contributed by atoms with Crippen molar-refractivity contribution in [2.75, 3.05) is 10.6 Å². The zero-order chi connectivity index (χ0) is 18.6. The van der Waals surface area contributed by atoms with E-state index < -0.39 is 0 Å². The first-order valence-electron chi connectivity index (χ1n) is 8.50. The zero-order valence-corrected chi connectivity index (χ0v) is 14.7. The van der Waals surface area contributed by atoms with E-state index in [2.05, 4.69) is 25.6 Å². The van der Waals surface area contributed by atoms with E-state index in [4.69, 9.17) is 0 Å². The summed E-state index contributed by atoms with van der Waals surface area (Å²) in [5.74, 6) is 0.285. The van der Waals surface area contributed by atoms with Crippen LogP contribution in [0, 0.1) is 6.92 Å². The third-order valence-corrected chi connectivity index (χ3v) is 4.17. The molecular formula is C21H17N5O. The molecule has 0 radical (unpaired) electrons. The summed E-state index contributed by atoms with van der Waals surface area (Å²) in [6.07, 6.45) is 5.06. The van der Waals surface area contributed by atoms with Crippen molar-refractivity contribution < 1.29 is 4.79 Å². The van der Waals surface area contributed by atoms with Crippen molar-refractivity contribution in [2.24, 2.45) is 0 Å². The van der Waals surface area contributed by atoms with Gasteiger partial charge in [-0.15, -0.1) is 0 Å². The predicted molar refractivity (Wildman–Crippen MR) is 106 cm³/mol. The summed E-state index contributed by atoms with van der Waals surface area (Å²) in [4.78, 5) is 25.4. The van der Waals surface area contributed by atoms with Gasteiger partial charge in [-0.05, 0) is 55.0 Å². The number of pyridine rings is 1. The monoisotopic (exact) mass is 355 g/mol. The number of aromatic nitrogens is 3. The Morgan fingerprint density at radius 3 is 2.56 bits per heavy atom. The Morgan fingerprint density at radius 2 is 1.70 bits per heavy atom. The molecular weight excluding hydrogens is 338 g/mol. The summed E-state index contributed by atoms with van der Waals surface area (Å²) < 4.78 is 0. The van der Waals surface area contributed by atoms with Crippen molar-refractivity contribution in [1.29, 1.82) is 0 Å². The van der Waals surface area contributed by atoms with Crippen molar-refractivity contribution in [3.8, 4) is 0 Å². The average molecular weight is 355 g/mol. The average Bonchev–Trinajstić information content (AvgIpc) is 2.71. The summed E-state index contributed by atoms with van der Waals surface area (Å²) in [6.45, 7) is 2.00. The maximum Gasteiger partial charge on any atom is 0.255 e. The maximum absolute atomic E-state index is 12.8. The summed E-state index contributed by atoms with van der Waals surface area (Å²) in [6, 6.07) is 16.6. The highest BCUT2D eigenvalue weighted by Crippen LogP contribution is 2.25. The van der Waals surface area contributed by atoms with Crippen molar-refractivity contribution in [1.82, 2.24) is 15.0 Å². The molecule has 0 saturated heterocycles. The van der Waals surface area contributed by atoms with Crippen LogP contribution in [0.2, 0.25) is 0 Å². The number of hydrogen-bond acceptors (Lipinski definition) is 5. The minimum atomic E-state index is -0.193. The van der Waals surface area contributed by atoms with Crippen LogP contribution in [-0.2, 0) is 0 Å². The second-order valence-electron chi connectivity index (χ2n) is 6.06. The van der Waals surface area contributed by atoms with Gasteiger partial charge in [-0.3, -0.25) is 9.78 Å². The first kappa shape index (κ1) is 16.7. The van der Waals surface area contributed by atoms with Crippen LogP contribution >= 0.6 is 0 Å². The van der Waals surface area contributed by atoms with E-state index in [9.17, 15) is 4.79 Å². The normalized spacial score (nSPS) is 10.6. The number of rotatable bonds is 4. The number of fused-ring (bicyclic) bond motifs is 1. The molecule has 0 aliphatic carbocycles. The number of anilines is 3. The largest absolute Gasteiger partial charge is 0.324 e. The summed E-state index contributed by atoms with van der Waals surface area (Å²) >= 11 is 0. The van der Waals surface area contributed by atoms with Gasteiger partial charge in [-0.2, -0.15) is 0 Å². The highest BCUT2D eigenvalue weighted by Gasteiger charge is 2.11. The molecule has 0 spiro atoms. The molecule has 4 aromatic rings. The molecule has 2 aromatic heterocycles. The third kappa shape index (κ3) is 3.59. The molecule has 0 atom stereocenters. The predicted octanol–water partition coefficient (Wildman–Crippen LogP) is 4.33. The van der Waals surface area contributed by atoms with Gasteiger partial charge in [0, 0.05) is 35.2 Å². The first-order valence-corrected chi connectivity index (χ1v) is 8.50. The lowest BCUT2D eigenvalue weighted by Gasteiger charge is -2.11. The number of nitrogens with one attached hydrogen (secondary N) is 2. The Balaban J connectivity index is 1.59. The fraction of sp³-hybridized carbons (Fsp3) is 0.0476. The highest BCUT2D eigenvalue weighted by atomic mass is 16.1. The van der Waals surface area contributed by atoms with Crippen molar-refractivity contribution in [3.05, 3.63) is 84.3 Å². The maximum atomic E-state index is 12.8. The molecule has 0 aliphatic rings. The Hall–Kier alpha value is -3.80. The lowest BCUT2D eigenvalue weighted by molar-refractivity contribution is 0.102. The molecule has 27 heavy (non-hydrogen) atoms. The molecule has 6 nitrogen and oxygen atoms in total. The fourth-order valence-corrected chi connectivity index (χ4v) is 2.85. The van der Waals surface area contributed by atoms with E-state index in [1.54, 1.807) is 36.8 Å². The zero-order valence-electron chi connectivity index (χ0n) is 14.7. The molecule has 0 aliphatic heterocycles. The topological polar surface area (TPSA) is 79.8 Å². The van der Waals surface area contributed by atoms with Crippen LogP contribution in [0.25, 0.3) is 10.9 Å². The van der Waals surface area contributed by atoms with Crippen molar-refractivity contribution in [3.63, 3.8) is 0 Å².